The van der Waals surface area contributed by atoms with Gasteiger partial charge in [-0.25, -0.2) is 4.79 Å². The third-order valence-corrected chi connectivity index (χ3v) is 4.23. The van der Waals surface area contributed by atoms with E-state index >= 15 is 0 Å². The molecule has 0 aliphatic heterocycles. The highest BCUT2D eigenvalue weighted by Crippen LogP contribution is 2.28. The van der Waals surface area contributed by atoms with Crippen molar-refractivity contribution in [2.75, 3.05) is 13.1 Å². The van der Waals surface area contributed by atoms with Crippen molar-refractivity contribution in [3.8, 4) is 0 Å². The summed E-state index contributed by atoms with van der Waals surface area (Å²) >= 11 is 0. The largest absolute Gasteiger partial charge is 0.480 e. The fourth-order valence-corrected chi connectivity index (χ4v) is 2.77. The molecule has 5 nitrogen and oxygen atoms in total. The lowest BCUT2D eigenvalue weighted by Crippen LogP contribution is -2.45. The summed E-state index contributed by atoms with van der Waals surface area (Å²) in [7, 11) is 0. The van der Waals surface area contributed by atoms with Gasteiger partial charge >= 0.3 is 12.0 Å². The minimum Gasteiger partial charge on any atom is -0.480 e. The molecule has 19 heavy (non-hydrogen) atoms. The maximum Gasteiger partial charge on any atom is 0.323 e. The van der Waals surface area contributed by atoms with Crippen molar-refractivity contribution in [2.45, 2.75) is 51.5 Å². The van der Waals surface area contributed by atoms with Crippen LogP contribution in [0.1, 0.15) is 45.4 Å². The lowest BCUT2D eigenvalue weighted by atomic mass is 9.83. The molecule has 0 spiro atoms. The number of carbonyl (C=O) groups is 2. The van der Waals surface area contributed by atoms with E-state index in [1.807, 2.05) is 0 Å². The van der Waals surface area contributed by atoms with Crippen LogP contribution in [0.25, 0.3) is 0 Å². The van der Waals surface area contributed by atoms with Crippen molar-refractivity contribution >= 4 is 12.0 Å². The molecule has 0 heterocycles. The van der Waals surface area contributed by atoms with E-state index in [9.17, 15) is 9.59 Å². The Labute approximate surface area is 114 Å². The summed E-state index contributed by atoms with van der Waals surface area (Å²) in [5.74, 6) is 0.432. The Bertz CT molecular complexity index is 334. The predicted octanol–water partition coefficient (Wildman–Crippen LogP) is 2.07. The number of carboxylic acid groups (broad SMARTS) is 1. The van der Waals surface area contributed by atoms with E-state index in [0.717, 1.165) is 18.8 Å². The zero-order valence-electron chi connectivity index (χ0n) is 11.6. The zero-order chi connectivity index (χ0) is 13.8. The smallest absolute Gasteiger partial charge is 0.323 e. The number of urea groups is 1. The normalized spacial score (nSPS) is 26.8. The fourth-order valence-electron chi connectivity index (χ4n) is 2.77. The van der Waals surface area contributed by atoms with Gasteiger partial charge in [-0.3, -0.25) is 4.79 Å². The molecule has 2 saturated carbocycles. The van der Waals surface area contributed by atoms with E-state index in [-0.39, 0.29) is 18.6 Å². The number of hydrogen-bond acceptors (Lipinski definition) is 2. The first kappa shape index (κ1) is 14.2. The third-order valence-electron chi connectivity index (χ3n) is 4.23. The average Bonchev–Trinajstić information content (AvgIpc) is 3.19. The second-order valence-corrected chi connectivity index (χ2v) is 6.06. The number of nitrogens with zero attached hydrogens (tertiary/aromatic N) is 1. The average molecular weight is 268 g/mol. The highest BCUT2D eigenvalue weighted by atomic mass is 16.4. The quantitative estimate of drug-likeness (QED) is 0.802. The molecule has 0 aromatic carbocycles. The van der Waals surface area contributed by atoms with E-state index in [1.165, 1.54) is 30.6 Å². The van der Waals surface area contributed by atoms with Crippen LogP contribution in [0, 0.1) is 11.8 Å². The molecule has 2 rings (SSSR count). The monoisotopic (exact) mass is 268 g/mol. The minimum atomic E-state index is -0.937. The summed E-state index contributed by atoms with van der Waals surface area (Å²) < 4.78 is 0. The van der Waals surface area contributed by atoms with Gasteiger partial charge in [0.25, 0.3) is 0 Å². The molecule has 0 aromatic rings. The zero-order valence-corrected chi connectivity index (χ0v) is 11.6. The van der Waals surface area contributed by atoms with Gasteiger partial charge in [0.15, 0.2) is 0 Å². The molecule has 0 saturated heterocycles. The first-order chi connectivity index (χ1) is 9.06. The second kappa shape index (κ2) is 6.26. The molecule has 108 valence electrons. The number of nitrogens with one attached hydrogen (secondary N) is 1. The molecule has 2 N–H and O–H groups in total. The highest BCUT2D eigenvalue weighted by molar-refractivity contribution is 5.80. The number of carboxylic acids is 1. The van der Waals surface area contributed by atoms with Crippen molar-refractivity contribution in [1.82, 2.24) is 10.2 Å². The van der Waals surface area contributed by atoms with E-state index < -0.39 is 5.97 Å². The summed E-state index contributed by atoms with van der Waals surface area (Å²) in [6.45, 7) is 2.78. The van der Waals surface area contributed by atoms with Gasteiger partial charge < -0.3 is 15.3 Å². The van der Waals surface area contributed by atoms with Crippen LogP contribution in [0.3, 0.4) is 0 Å². The molecule has 0 atom stereocenters. The van der Waals surface area contributed by atoms with Gasteiger partial charge in [0.1, 0.15) is 6.54 Å². The van der Waals surface area contributed by atoms with E-state index in [2.05, 4.69) is 12.2 Å². The maximum absolute atomic E-state index is 12.0. The molecule has 0 bridgehead atoms. The lowest BCUT2D eigenvalue weighted by Gasteiger charge is -2.27. The standard InChI is InChI=1S/C14H24N2O3/c1-10-2-4-11(5-3-10)8-15-14(19)16(9-13(17)18)12-6-7-12/h10-12H,2-9H2,1H3,(H,15,19)(H,17,18). The Morgan fingerprint density at radius 1 is 1.16 bits per heavy atom. The second-order valence-electron chi connectivity index (χ2n) is 6.06. The minimum absolute atomic E-state index is 0.141. The topological polar surface area (TPSA) is 69.6 Å². The van der Waals surface area contributed by atoms with E-state index in [1.54, 1.807) is 0 Å². The predicted molar refractivity (Wildman–Crippen MR) is 71.9 cm³/mol. The summed E-state index contributed by atoms with van der Waals surface area (Å²) in [5, 5.41) is 11.8. The summed E-state index contributed by atoms with van der Waals surface area (Å²) in [6, 6.07) is -0.0639. The first-order valence-corrected chi connectivity index (χ1v) is 7.32. The van der Waals surface area contributed by atoms with Gasteiger partial charge in [-0.05, 0) is 37.5 Å². The number of hydrogen-bond donors (Lipinski definition) is 2. The number of aliphatic carboxylic acids is 1. The van der Waals surface area contributed by atoms with Crippen LogP contribution in [0.2, 0.25) is 0 Å². The van der Waals surface area contributed by atoms with Gasteiger partial charge in [0, 0.05) is 12.6 Å². The van der Waals surface area contributed by atoms with Crippen molar-refractivity contribution < 1.29 is 14.7 Å². The SMILES string of the molecule is CC1CCC(CNC(=O)N(CC(=O)O)C2CC2)CC1. The molecular weight excluding hydrogens is 244 g/mol. The Morgan fingerprint density at radius 3 is 2.32 bits per heavy atom. The molecule has 5 heteroatoms. The Kier molecular flexibility index (Phi) is 4.66. The Morgan fingerprint density at radius 2 is 1.79 bits per heavy atom. The van der Waals surface area contributed by atoms with Crippen LogP contribution in [-0.4, -0.2) is 41.1 Å². The summed E-state index contributed by atoms with van der Waals surface area (Å²) in [4.78, 5) is 24.3. The van der Waals surface area contributed by atoms with E-state index in [0.29, 0.717) is 12.5 Å². The van der Waals surface area contributed by atoms with Gasteiger partial charge in [0.2, 0.25) is 0 Å². The van der Waals surface area contributed by atoms with Crippen molar-refractivity contribution in [1.29, 1.82) is 0 Å². The third kappa shape index (κ3) is 4.40. The molecule has 2 amide bonds. The van der Waals surface area contributed by atoms with Gasteiger partial charge in [-0.15, -0.1) is 0 Å². The molecule has 0 aromatic heterocycles. The number of carbonyl (C=O) groups excluding carboxylic acids is 1. The summed E-state index contributed by atoms with van der Waals surface area (Å²) in [5.41, 5.74) is 0. The van der Waals surface area contributed by atoms with Crippen LogP contribution in [0.4, 0.5) is 4.79 Å². The maximum atomic E-state index is 12.0. The first-order valence-electron chi connectivity index (χ1n) is 7.32. The molecule has 0 radical (unpaired) electrons. The van der Waals surface area contributed by atoms with Crippen molar-refractivity contribution in [3.05, 3.63) is 0 Å². The number of amides is 2. The van der Waals surface area contributed by atoms with Gasteiger partial charge in [-0.1, -0.05) is 19.8 Å². The Hall–Kier alpha value is -1.26. The van der Waals surface area contributed by atoms with Crippen molar-refractivity contribution in [3.63, 3.8) is 0 Å². The van der Waals surface area contributed by atoms with Gasteiger partial charge in [-0.2, -0.15) is 0 Å². The van der Waals surface area contributed by atoms with Crippen LogP contribution >= 0.6 is 0 Å². The highest BCUT2D eigenvalue weighted by Gasteiger charge is 2.34. The Balaban J connectivity index is 1.74. The lowest BCUT2D eigenvalue weighted by molar-refractivity contribution is -0.137. The van der Waals surface area contributed by atoms with Gasteiger partial charge in [0.05, 0.1) is 0 Å². The van der Waals surface area contributed by atoms with Crippen molar-refractivity contribution in [2.24, 2.45) is 11.8 Å². The summed E-state index contributed by atoms with van der Waals surface area (Å²) in [6.07, 6.45) is 6.68. The van der Waals surface area contributed by atoms with Crippen LogP contribution < -0.4 is 5.32 Å². The molecule has 2 fully saturated rings. The molecule has 2 aliphatic rings. The molecular formula is C14H24N2O3. The van der Waals surface area contributed by atoms with Crippen LogP contribution in [0.5, 0.6) is 0 Å². The van der Waals surface area contributed by atoms with E-state index in [4.69, 9.17) is 5.11 Å². The molecule has 0 unspecified atom stereocenters. The fraction of sp³-hybridized carbons (Fsp3) is 0.857. The molecule has 2 aliphatic carbocycles. The van der Waals surface area contributed by atoms with Crippen LogP contribution in [0.15, 0.2) is 0 Å². The van der Waals surface area contributed by atoms with Crippen LogP contribution in [-0.2, 0) is 4.79 Å². The number of rotatable bonds is 5.